The molecule has 1 aromatic carbocycles. The molecule has 0 aliphatic heterocycles. The molecule has 18 heavy (non-hydrogen) atoms. The van der Waals surface area contributed by atoms with Gasteiger partial charge in [0.25, 0.3) is 0 Å². The molecule has 0 saturated heterocycles. The highest BCUT2D eigenvalue weighted by Gasteiger charge is 2.22. The molecule has 0 aliphatic carbocycles. The Labute approximate surface area is 117 Å². The summed E-state index contributed by atoms with van der Waals surface area (Å²) in [5.74, 6) is 0. The number of pyridine rings is 1. The molecular weight excluding hydrogens is 298 g/mol. The number of nitrogens with zero attached hydrogens (tertiary/aromatic N) is 2. The molecule has 7 heteroatoms. The molecule has 0 saturated carbocycles. The number of benzene rings is 1. The van der Waals surface area contributed by atoms with Gasteiger partial charge in [0.05, 0.1) is 9.95 Å². The Hall–Kier alpha value is -1.36. The van der Waals surface area contributed by atoms with Gasteiger partial charge in [0.1, 0.15) is 5.02 Å². The van der Waals surface area contributed by atoms with Gasteiger partial charge in [-0.15, -0.1) is 0 Å². The molecule has 1 heterocycles. The van der Waals surface area contributed by atoms with Crippen LogP contribution in [0.15, 0.2) is 30.5 Å². The van der Waals surface area contributed by atoms with Crippen molar-refractivity contribution in [3.8, 4) is 11.3 Å². The van der Waals surface area contributed by atoms with Crippen molar-refractivity contribution < 1.29 is 4.92 Å². The average molecular weight is 304 g/mol. The summed E-state index contributed by atoms with van der Waals surface area (Å²) in [6.45, 7) is 0. The van der Waals surface area contributed by atoms with Crippen molar-refractivity contribution >= 4 is 40.5 Å². The van der Waals surface area contributed by atoms with Crippen LogP contribution in [-0.4, -0.2) is 9.91 Å². The smallest absolute Gasteiger partial charge is 0.258 e. The van der Waals surface area contributed by atoms with Crippen LogP contribution in [0.25, 0.3) is 11.3 Å². The lowest BCUT2D eigenvalue weighted by Crippen LogP contribution is -1.96. The Bertz CT molecular complexity index is 632. The second-order valence-corrected chi connectivity index (χ2v) is 4.62. The molecule has 0 atom stereocenters. The van der Waals surface area contributed by atoms with Crippen molar-refractivity contribution in [1.29, 1.82) is 0 Å². The molecule has 0 amide bonds. The molecule has 4 nitrogen and oxygen atoms in total. The van der Waals surface area contributed by atoms with E-state index in [2.05, 4.69) is 4.98 Å². The third-order valence-corrected chi connectivity index (χ3v) is 3.10. The van der Waals surface area contributed by atoms with Gasteiger partial charge >= 0.3 is 5.69 Å². The lowest BCUT2D eigenvalue weighted by atomic mass is 10.1. The van der Waals surface area contributed by atoms with E-state index in [9.17, 15) is 10.1 Å². The maximum atomic E-state index is 11.0. The van der Waals surface area contributed by atoms with Crippen LogP contribution in [-0.2, 0) is 0 Å². The third-order valence-electron chi connectivity index (χ3n) is 2.24. The van der Waals surface area contributed by atoms with Crippen molar-refractivity contribution in [3.63, 3.8) is 0 Å². The van der Waals surface area contributed by atoms with Gasteiger partial charge in [0, 0.05) is 16.8 Å². The zero-order valence-electron chi connectivity index (χ0n) is 8.73. The zero-order valence-corrected chi connectivity index (χ0v) is 11.0. The summed E-state index contributed by atoms with van der Waals surface area (Å²) in [5, 5.41) is 11.7. The molecule has 2 aromatic rings. The van der Waals surface area contributed by atoms with Gasteiger partial charge in [-0.1, -0.05) is 34.8 Å². The Morgan fingerprint density at radius 2 is 1.83 bits per heavy atom. The maximum Gasteiger partial charge on any atom is 0.313 e. The molecular formula is C11H5Cl3N2O2. The summed E-state index contributed by atoms with van der Waals surface area (Å²) >= 11 is 17.6. The van der Waals surface area contributed by atoms with E-state index in [1.807, 2.05) is 0 Å². The Balaban J connectivity index is 2.71. The topological polar surface area (TPSA) is 56.0 Å². The second-order valence-electron chi connectivity index (χ2n) is 3.37. The summed E-state index contributed by atoms with van der Waals surface area (Å²) in [5.41, 5.74) is 0.257. The number of rotatable bonds is 2. The average Bonchev–Trinajstić information content (AvgIpc) is 2.28. The monoisotopic (exact) mass is 302 g/mol. The number of hydrogen-bond acceptors (Lipinski definition) is 3. The van der Waals surface area contributed by atoms with Crippen LogP contribution in [0.2, 0.25) is 15.1 Å². The zero-order chi connectivity index (χ0) is 13.3. The van der Waals surface area contributed by atoms with Crippen LogP contribution >= 0.6 is 34.8 Å². The Morgan fingerprint density at radius 1 is 1.11 bits per heavy atom. The number of halogens is 3. The fourth-order valence-electron chi connectivity index (χ4n) is 1.48. The van der Waals surface area contributed by atoms with E-state index in [0.29, 0.717) is 10.6 Å². The largest absolute Gasteiger partial charge is 0.313 e. The van der Waals surface area contributed by atoms with Crippen molar-refractivity contribution in [2.24, 2.45) is 0 Å². The molecule has 0 aliphatic rings. The van der Waals surface area contributed by atoms with Crippen molar-refractivity contribution in [1.82, 2.24) is 4.98 Å². The minimum Gasteiger partial charge on any atom is -0.258 e. The van der Waals surface area contributed by atoms with E-state index >= 15 is 0 Å². The molecule has 0 unspecified atom stereocenters. The fraction of sp³-hybridized carbons (Fsp3) is 0. The van der Waals surface area contributed by atoms with Crippen molar-refractivity contribution in [2.75, 3.05) is 0 Å². The number of aromatic nitrogens is 1. The highest BCUT2D eigenvalue weighted by molar-refractivity contribution is 6.37. The van der Waals surface area contributed by atoms with E-state index in [1.165, 1.54) is 18.3 Å². The predicted molar refractivity (Wildman–Crippen MR) is 71.4 cm³/mol. The van der Waals surface area contributed by atoms with Gasteiger partial charge in [-0.05, 0) is 24.3 Å². The highest BCUT2D eigenvalue weighted by atomic mass is 35.5. The standard InChI is InChI=1S/C11H5Cl3N2O2/c12-6-1-2-7(9(14)5-6)10-11(16(17)18)8(13)3-4-15-10/h1-5H. The molecule has 0 fully saturated rings. The SMILES string of the molecule is O=[N+]([O-])c1c(Cl)ccnc1-c1ccc(Cl)cc1Cl. The lowest BCUT2D eigenvalue weighted by Gasteiger charge is -2.05. The van der Waals surface area contributed by atoms with Gasteiger partial charge in [-0.3, -0.25) is 10.1 Å². The maximum absolute atomic E-state index is 11.0. The molecule has 0 N–H and O–H groups in total. The first-order valence-electron chi connectivity index (χ1n) is 4.75. The summed E-state index contributed by atoms with van der Waals surface area (Å²) < 4.78 is 0. The number of hydrogen-bond donors (Lipinski definition) is 0. The molecule has 0 spiro atoms. The lowest BCUT2D eigenvalue weighted by molar-refractivity contribution is -0.384. The van der Waals surface area contributed by atoms with E-state index in [4.69, 9.17) is 34.8 Å². The van der Waals surface area contributed by atoms with Gasteiger partial charge in [0.15, 0.2) is 5.69 Å². The van der Waals surface area contributed by atoms with Crippen molar-refractivity contribution in [2.45, 2.75) is 0 Å². The second kappa shape index (κ2) is 5.10. The summed E-state index contributed by atoms with van der Waals surface area (Å²) in [6, 6.07) is 5.99. The minimum atomic E-state index is -0.588. The predicted octanol–water partition coefficient (Wildman–Crippen LogP) is 4.62. The summed E-state index contributed by atoms with van der Waals surface area (Å²) in [4.78, 5) is 14.4. The fourth-order valence-corrected chi connectivity index (χ4v) is 2.20. The van der Waals surface area contributed by atoms with Crippen molar-refractivity contribution in [3.05, 3.63) is 55.6 Å². The summed E-state index contributed by atoms with van der Waals surface area (Å²) in [7, 11) is 0. The van der Waals surface area contributed by atoms with Gasteiger partial charge < -0.3 is 0 Å². The van der Waals surface area contributed by atoms with E-state index in [1.54, 1.807) is 12.1 Å². The van der Waals surface area contributed by atoms with Crippen LogP contribution in [0.3, 0.4) is 0 Å². The van der Waals surface area contributed by atoms with Crippen LogP contribution in [0.1, 0.15) is 0 Å². The molecule has 92 valence electrons. The van der Waals surface area contributed by atoms with Gasteiger partial charge in [-0.2, -0.15) is 0 Å². The third kappa shape index (κ3) is 2.41. The first-order valence-corrected chi connectivity index (χ1v) is 5.88. The van der Waals surface area contributed by atoms with Crippen LogP contribution in [0, 0.1) is 10.1 Å². The highest BCUT2D eigenvalue weighted by Crippen LogP contribution is 2.37. The van der Waals surface area contributed by atoms with Crippen LogP contribution in [0.4, 0.5) is 5.69 Å². The summed E-state index contributed by atoms with van der Waals surface area (Å²) in [6.07, 6.45) is 1.38. The van der Waals surface area contributed by atoms with Gasteiger partial charge in [0.2, 0.25) is 0 Å². The normalized spacial score (nSPS) is 10.4. The van der Waals surface area contributed by atoms with Gasteiger partial charge in [-0.25, -0.2) is 4.98 Å². The van der Waals surface area contributed by atoms with E-state index < -0.39 is 4.92 Å². The molecule has 1 aromatic heterocycles. The molecule has 0 bridgehead atoms. The van der Waals surface area contributed by atoms with E-state index in [0.717, 1.165) is 0 Å². The first kappa shape index (κ1) is 13.1. The first-order chi connectivity index (χ1) is 8.50. The Kier molecular flexibility index (Phi) is 3.71. The van der Waals surface area contributed by atoms with E-state index in [-0.39, 0.29) is 21.4 Å². The van der Waals surface area contributed by atoms with Crippen LogP contribution < -0.4 is 0 Å². The quantitative estimate of drug-likeness (QED) is 0.601. The number of nitro groups is 1. The Morgan fingerprint density at radius 3 is 2.44 bits per heavy atom. The molecule has 2 rings (SSSR count). The van der Waals surface area contributed by atoms with Crippen LogP contribution in [0.5, 0.6) is 0 Å². The minimum absolute atomic E-state index is 0.0102. The molecule has 0 radical (unpaired) electrons.